The Hall–Kier alpha value is -0.770. The summed E-state index contributed by atoms with van der Waals surface area (Å²) >= 11 is 0. The zero-order valence-electron chi connectivity index (χ0n) is 7.57. The van der Waals surface area contributed by atoms with Crippen molar-refractivity contribution in [3.63, 3.8) is 0 Å². The van der Waals surface area contributed by atoms with Crippen LogP contribution in [0.15, 0.2) is 0 Å². The number of carbonyl (C=O) groups is 1. The number of carboxylic acid groups (broad SMARTS) is 1. The third-order valence-corrected chi connectivity index (χ3v) is 3.43. The summed E-state index contributed by atoms with van der Waals surface area (Å²) in [4.78, 5) is 10.5. The van der Waals surface area contributed by atoms with Gasteiger partial charge < -0.3 is 16.2 Å². The number of nitrogens with two attached hydrogens (primary N) is 1. The highest BCUT2D eigenvalue weighted by molar-refractivity contribution is 5.65. The quantitative estimate of drug-likeness (QED) is 0.563. The van der Waals surface area contributed by atoms with Gasteiger partial charge in [-0.2, -0.15) is 0 Å². The summed E-state index contributed by atoms with van der Waals surface area (Å²) in [7, 11) is 0. The summed E-state index contributed by atoms with van der Waals surface area (Å²) in [6, 6.07) is 0.474. The average Bonchev–Trinajstić information content (AvgIpc) is 2.32. The third kappa shape index (κ3) is 1.63. The van der Waals surface area contributed by atoms with Crippen LogP contribution < -0.4 is 11.1 Å². The average molecular weight is 184 g/mol. The molecule has 13 heavy (non-hydrogen) atoms. The molecule has 2 bridgehead atoms. The van der Waals surface area contributed by atoms with Gasteiger partial charge in [0.25, 0.3) is 0 Å². The molecule has 2 fully saturated rings. The predicted molar refractivity (Wildman–Crippen MR) is 48.4 cm³/mol. The van der Waals surface area contributed by atoms with E-state index in [0.29, 0.717) is 17.9 Å². The fourth-order valence-electron chi connectivity index (χ4n) is 2.95. The van der Waals surface area contributed by atoms with Gasteiger partial charge >= 0.3 is 6.09 Å². The van der Waals surface area contributed by atoms with Crippen molar-refractivity contribution in [1.29, 1.82) is 0 Å². The van der Waals surface area contributed by atoms with Crippen LogP contribution >= 0.6 is 0 Å². The smallest absolute Gasteiger partial charge is 0.404 e. The number of hydrogen-bond donors (Lipinski definition) is 3. The Labute approximate surface area is 77.5 Å². The molecule has 0 aliphatic heterocycles. The molecule has 2 aliphatic carbocycles. The first-order chi connectivity index (χ1) is 6.16. The van der Waals surface area contributed by atoms with Crippen LogP contribution in [0.1, 0.15) is 25.7 Å². The van der Waals surface area contributed by atoms with Crippen molar-refractivity contribution in [3.05, 3.63) is 0 Å². The molecule has 0 saturated heterocycles. The summed E-state index contributed by atoms with van der Waals surface area (Å²) in [6.07, 6.45) is 3.37. The topological polar surface area (TPSA) is 75.3 Å². The largest absolute Gasteiger partial charge is 0.465 e. The molecule has 2 rings (SSSR count). The van der Waals surface area contributed by atoms with Crippen molar-refractivity contribution in [3.8, 4) is 0 Å². The molecule has 0 heterocycles. The summed E-state index contributed by atoms with van der Waals surface area (Å²) in [5.41, 5.74) is 5.87. The maximum Gasteiger partial charge on any atom is 0.404 e. The van der Waals surface area contributed by atoms with E-state index in [0.717, 1.165) is 25.7 Å². The first-order valence-corrected chi connectivity index (χ1v) is 4.92. The van der Waals surface area contributed by atoms with Gasteiger partial charge in [0.15, 0.2) is 0 Å². The van der Waals surface area contributed by atoms with Gasteiger partial charge in [0.2, 0.25) is 0 Å². The maximum absolute atomic E-state index is 10.5. The number of hydrogen-bond acceptors (Lipinski definition) is 2. The van der Waals surface area contributed by atoms with Crippen LogP contribution in [0.3, 0.4) is 0 Å². The van der Waals surface area contributed by atoms with Crippen molar-refractivity contribution < 1.29 is 9.90 Å². The SMILES string of the molecule is NC1CC2CCC(C1)C2NC(=O)O. The summed E-state index contributed by atoms with van der Waals surface area (Å²) in [5.74, 6) is 0.981. The van der Waals surface area contributed by atoms with Gasteiger partial charge in [0, 0.05) is 12.1 Å². The van der Waals surface area contributed by atoms with Gasteiger partial charge in [-0.3, -0.25) is 0 Å². The van der Waals surface area contributed by atoms with Crippen LogP contribution in [0, 0.1) is 11.8 Å². The lowest BCUT2D eigenvalue weighted by Crippen LogP contribution is -2.47. The maximum atomic E-state index is 10.5. The van der Waals surface area contributed by atoms with Gasteiger partial charge in [-0.25, -0.2) is 4.79 Å². The second-order valence-electron chi connectivity index (χ2n) is 4.30. The Morgan fingerprint density at radius 3 is 2.31 bits per heavy atom. The van der Waals surface area contributed by atoms with Gasteiger partial charge in [-0.05, 0) is 37.5 Å². The minimum absolute atomic E-state index is 0.178. The molecular formula is C9H16N2O2. The second kappa shape index (κ2) is 3.18. The zero-order chi connectivity index (χ0) is 9.42. The molecule has 0 radical (unpaired) electrons. The van der Waals surface area contributed by atoms with E-state index in [1.807, 2.05) is 0 Å². The lowest BCUT2D eigenvalue weighted by Gasteiger charge is -2.33. The lowest BCUT2D eigenvalue weighted by molar-refractivity contribution is 0.169. The molecule has 2 saturated carbocycles. The number of nitrogens with one attached hydrogen (secondary N) is 1. The highest BCUT2D eigenvalue weighted by Gasteiger charge is 2.42. The van der Waals surface area contributed by atoms with Crippen LogP contribution in [0.2, 0.25) is 0 Å². The van der Waals surface area contributed by atoms with Gasteiger partial charge in [0.1, 0.15) is 0 Å². The molecule has 0 aromatic rings. The van der Waals surface area contributed by atoms with E-state index in [9.17, 15) is 4.79 Å². The monoisotopic (exact) mass is 184 g/mol. The molecule has 74 valence electrons. The number of fused-ring (bicyclic) bond motifs is 2. The van der Waals surface area contributed by atoms with E-state index in [1.165, 1.54) is 0 Å². The predicted octanol–water partition coefficient (Wildman–Crippen LogP) is 0.770. The van der Waals surface area contributed by atoms with Crippen LogP contribution in [0.4, 0.5) is 4.79 Å². The Morgan fingerprint density at radius 2 is 1.85 bits per heavy atom. The minimum Gasteiger partial charge on any atom is -0.465 e. The van der Waals surface area contributed by atoms with Crippen molar-refractivity contribution in [1.82, 2.24) is 5.32 Å². The molecule has 4 nitrogen and oxygen atoms in total. The molecule has 0 spiro atoms. The van der Waals surface area contributed by atoms with Gasteiger partial charge in [0.05, 0.1) is 0 Å². The van der Waals surface area contributed by atoms with Gasteiger partial charge in [-0.15, -0.1) is 0 Å². The fraction of sp³-hybridized carbons (Fsp3) is 0.889. The van der Waals surface area contributed by atoms with Crippen LogP contribution in [0.5, 0.6) is 0 Å². The zero-order valence-corrected chi connectivity index (χ0v) is 7.57. The first kappa shape index (κ1) is 8.81. The number of amides is 1. The molecule has 0 aromatic heterocycles. The van der Waals surface area contributed by atoms with E-state index in [1.54, 1.807) is 0 Å². The van der Waals surface area contributed by atoms with E-state index >= 15 is 0 Å². The van der Waals surface area contributed by atoms with Crippen molar-refractivity contribution in [2.75, 3.05) is 0 Å². The molecule has 0 aromatic carbocycles. The molecule has 1 amide bonds. The Balaban J connectivity index is 2.02. The van der Waals surface area contributed by atoms with Gasteiger partial charge in [-0.1, -0.05) is 0 Å². The molecule has 2 unspecified atom stereocenters. The van der Waals surface area contributed by atoms with E-state index in [2.05, 4.69) is 5.32 Å². The van der Waals surface area contributed by atoms with Crippen LogP contribution in [-0.4, -0.2) is 23.3 Å². The fourth-order valence-corrected chi connectivity index (χ4v) is 2.95. The first-order valence-electron chi connectivity index (χ1n) is 4.92. The Bertz CT molecular complexity index is 206. The van der Waals surface area contributed by atoms with Crippen molar-refractivity contribution in [2.24, 2.45) is 17.6 Å². The number of rotatable bonds is 1. The van der Waals surface area contributed by atoms with Crippen LogP contribution in [0.25, 0.3) is 0 Å². The van der Waals surface area contributed by atoms with E-state index in [-0.39, 0.29) is 6.04 Å². The molecular weight excluding hydrogens is 168 g/mol. The third-order valence-electron chi connectivity index (χ3n) is 3.43. The highest BCUT2D eigenvalue weighted by Crippen LogP contribution is 2.41. The highest BCUT2D eigenvalue weighted by atomic mass is 16.4. The second-order valence-corrected chi connectivity index (χ2v) is 4.30. The molecule has 2 aliphatic rings. The van der Waals surface area contributed by atoms with Crippen molar-refractivity contribution >= 4 is 6.09 Å². The summed E-state index contributed by atoms with van der Waals surface area (Å²) in [5, 5.41) is 11.3. The standard InChI is InChI=1S/C9H16N2O2/c10-7-3-5-1-2-6(4-7)8(5)11-9(12)13/h5-8,11H,1-4,10H2,(H,12,13). The summed E-state index contributed by atoms with van der Waals surface area (Å²) < 4.78 is 0. The lowest BCUT2D eigenvalue weighted by atomic mass is 9.81. The molecule has 2 atom stereocenters. The molecule has 4 N–H and O–H groups in total. The van der Waals surface area contributed by atoms with Crippen LogP contribution in [-0.2, 0) is 0 Å². The Kier molecular flexibility index (Phi) is 2.15. The van der Waals surface area contributed by atoms with E-state index < -0.39 is 6.09 Å². The van der Waals surface area contributed by atoms with E-state index in [4.69, 9.17) is 10.8 Å². The van der Waals surface area contributed by atoms with Crippen molar-refractivity contribution in [2.45, 2.75) is 37.8 Å². The minimum atomic E-state index is -0.891. The normalized spacial score (nSPS) is 43.2. The Morgan fingerprint density at radius 1 is 1.31 bits per heavy atom. The molecule has 4 heteroatoms. The summed E-state index contributed by atoms with van der Waals surface area (Å²) in [6.45, 7) is 0.